The summed E-state index contributed by atoms with van der Waals surface area (Å²) in [6, 6.07) is 17.6. The second kappa shape index (κ2) is 10.5. The number of aryl methyl sites for hydroxylation is 1. The zero-order chi connectivity index (χ0) is 22.2. The van der Waals surface area contributed by atoms with E-state index in [1.807, 2.05) is 62.4 Å². The van der Waals surface area contributed by atoms with E-state index in [9.17, 15) is 4.79 Å². The molecule has 0 atom stereocenters. The SMILES string of the molecule is CO/N=C(/C(=O)OC)c1cccc(C)c1CO/N=C(\C)c1cc(-c2ccccc2)sn1. The lowest BCUT2D eigenvalue weighted by atomic mass is 9.99. The quantitative estimate of drug-likeness (QED) is 0.293. The minimum Gasteiger partial charge on any atom is -0.464 e. The van der Waals surface area contributed by atoms with Gasteiger partial charge < -0.3 is 14.4 Å². The number of rotatable bonds is 8. The molecule has 0 unspecified atom stereocenters. The largest absolute Gasteiger partial charge is 0.464 e. The summed E-state index contributed by atoms with van der Waals surface area (Å²) in [6.45, 7) is 3.91. The van der Waals surface area contributed by atoms with Crippen molar-refractivity contribution in [3.8, 4) is 10.4 Å². The van der Waals surface area contributed by atoms with Crippen molar-refractivity contribution in [2.45, 2.75) is 20.5 Å². The highest BCUT2D eigenvalue weighted by molar-refractivity contribution is 7.09. The number of benzene rings is 2. The predicted molar refractivity (Wildman–Crippen MR) is 121 cm³/mol. The van der Waals surface area contributed by atoms with Crippen LogP contribution < -0.4 is 0 Å². The third kappa shape index (κ3) is 5.35. The Balaban J connectivity index is 1.79. The van der Waals surface area contributed by atoms with Crippen LogP contribution in [-0.2, 0) is 25.8 Å². The summed E-state index contributed by atoms with van der Waals surface area (Å²) < 4.78 is 9.30. The van der Waals surface area contributed by atoms with E-state index >= 15 is 0 Å². The number of aromatic nitrogens is 1. The lowest BCUT2D eigenvalue weighted by Crippen LogP contribution is -2.20. The van der Waals surface area contributed by atoms with Crippen molar-refractivity contribution in [2.75, 3.05) is 14.2 Å². The first-order valence-electron chi connectivity index (χ1n) is 9.52. The number of carbonyl (C=O) groups is 1. The average molecular weight is 438 g/mol. The summed E-state index contributed by atoms with van der Waals surface area (Å²) >= 11 is 1.41. The molecule has 0 bridgehead atoms. The van der Waals surface area contributed by atoms with Gasteiger partial charge in [0.05, 0.1) is 12.0 Å². The molecular formula is C23H23N3O4S. The van der Waals surface area contributed by atoms with Crippen LogP contribution in [0.1, 0.15) is 29.3 Å². The highest BCUT2D eigenvalue weighted by atomic mass is 32.1. The van der Waals surface area contributed by atoms with E-state index in [1.165, 1.54) is 25.8 Å². The first-order chi connectivity index (χ1) is 15.0. The van der Waals surface area contributed by atoms with Crippen molar-refractivity contribution in [3.05, 3.63) is 77.0 Å². The predicted octanol–water partition coefficient (Wildman–Crippen LogP) is 4.58. The van der Waals surface area contributed by atoms with E-state index in [1.54, 1.807) is 6.07 Å². The fourth-order valence-corrected chi connectivity index (χ4v) is 3.71. The van der Waals surface area contributed by atoms with Gasteiger partial charge in [0.25, 0.3) is 0 Å². The third-order valence-electron chi connectivity index (χ3n) is 4.58. The van der Waals surface area contributed by atoms with Crippen LogP contribution in [0.5, 0.6) is 0 Å². The van der Waals surface area contributed by atoms with Gasteiger partial charge in [-0.2, -0.15) is 4.37 Å². The molecule has 0 fully saturated rings. The summed E-state index contributed by atoms with van der Waals surface area (Å²) in [5.41, 5.74) is 4.86. The lowest BCUT2D eigenvalue weighted by Gasteiger charge is -2.12. The van der Waals surface area contributed by atoms with Crippen molar-refractivity contribution in [3.63, 3.8) is 0 Å². The molecule has 7 nitrogen and oxygen atoms in total. The summed E-state index contributed by atoms with van der Waals surface area (Å²) in [5, 5.41) is 8.05. The lowest BCUT2D eigenvalue weighted by molar-refractivity contribution is -0.132. The number of methoxy groups -OCH3 is 1. The van der Waals surface area contributed by atoms with Gasteiger partial charge in [0, 0.05) is 11.1 Å². The first kappa shape index (κ1) is 22.2. The number of ether oxygens (including phenoxy) is 1. The van der Waals surface area contributed by atoms with Gasteiger partial charge in [-0.25, -0.2) is 4.79 Å². The van der Waals surface area contributed by atoms with Crippen molar-refractivity contribution in [1.82, 2.24) is 4.37 Å². The van der Waals surface area contributed by atoms with Gasteiger partial charge in [0.2, 0.25) is 0 Å². The minimum absolute atomic E-state index is 0.0694. The van der Waals surface area contributed by atoms with E-state index in [0.29, 0.717) is 11.3 Å². The second-order valence-electron chi connectivity index (χ2n) is 6.61. The average Bonchev–Trinajstić information content (AvgIpc) is 3.29. The van der Waals surface area contributed by atoms with Crippen LogP contribution in [0.25, 0.3) is 10.4 Å². The molecule has 0 spiro atoms. The molecule has 0 radical (unpaired) electrons. The Kier molecular flexibility index (Phi) is 7.50. The molecule has 3 aromatic rings. The Labute approximate surface area is 185 Å². The summed E-state index contributed by atoms with van der Waals surface area (Å²) in [7, 11) is 2.67. The number of carbonyl (C=O) groups excluding carboxylic acids is 1. The van der Waals surface area contributed by atoms with Crippen molar-refractivity contribution in [1.29, 1.82) is 0 Å². The summed E-state index contributed by atoms with van der Waals surface area (Å²) in [5.74, 6) is -0.593. The Bertz CT molecular complexity index is 1110. The molecule has 1 aromatic heterocycles. The maximum atomic E-state index is 12.1. The normalized spacial score (nSPS) is 11.9. The molecule has 8 heteroatoms. The van der Waals surface area contributed by atoms with Crippen molar-refractivity contribution < 1.29 is 19.2 Å². The topological polar surface area (TPSA) is 82.4 Å². The first-order valence-corrected chi connectivity index (χ1v) is 10.3. The molecule has 0 aliphatic heterocycles. The maximum Gasteiger partial charge on any atom is 0.360 e. The number of hydrogen-bond acceptors (Lipinski definition) is 8. The molecule has 31 heavy (non-hydrogen) atoms. The molecule has 0 saturated carbocycles. The Hall–Kier alpha value is -3.52. The van der Waals surface area contributed by atoms with Gasteiger partial charge in [-0.15, -0.1) is 0 Å². The molecular weight excluding hydrogens is 414 g/mol. The fraction of sp³-hybridized carbons (Fsp3) is 0.217. The standard InChI is InChI=1S/C23H23N3O4S/c1-15-9-8-12-18(22(25-29-4)23(27)28-3)19(15)14-30-24-16(2)20-13-21(31-26-20)17-10-6-5-7-11-17/h5-13H,14H2,1-4H3/b24-16+,25-22+. The molecule has 0 amide bonds. The molecule has 0 N–H and O–H groups in total. The zero-order valence-corrected chi connectivity index (χ0v) is 18.6. The van der Waals surface area contributed by atoms with E-state index in [0.717, 1.165) is 27.3 Å². The van der Waals surface area contributed by atoms with E-state index < -0.39 is 5.97 Å². The second-order valence-corrected chi connectivity index (χ2v) is 7.41. The van der Waals surface area contributed by atoms with Gasteiger partial charge in [-0.3, -0.25) is 0 Å². The van der Waals surface area contributed by atoms with Gasteiger partial charge in [-0.1, -0.05) is 58.8 Å². The molecule has 0 aliphatic carbocycles. The third-order valence-corrected chi connectivity index (χ3v) is 5.41. The van der Waals surface area contributed by atoms with Gasteiger partial charge >= 0.3 is 5.97 Å². The Morgan fingerprint density at radius 1 is 1.06 bits per heavy atom. The van der Waals surface area contributed by atoms with Crippen LogP contribution in [0.15, 0.2) is 64.9 Å². The van der Waals surface area contributed by atoms with Crippen LogP contribution >= 0.6 is 11.5 Å². The van der Waals surface area contributed by atoms with Crippen LogP contribution in [-0.4, -0.2) is 36.0 Å². The molecule has 1 heterocycles. The highest BCUT2D eigenvalue weighted by Gasteiger charge is 2.20. The van der Waals surface area contributed by atoms with Crippen molar-refractivity contribution in [2.24, 2.45) is 10.3 Å². The smallest absolute Gasteiger partial charge is 0.360 e. The Morgan fingerprint density at radius 3 is 2.55 bits per heavy atom. The molecule has 2 aromatic carbocycles. The zero-order valence-electron chi connectivity index (χ0n) is 17.8. The maximum absolute atomic E-state index is 12.1. The van der Waals surface area contributed by atoms with Gasteiger partial charge in [-0.05, 0) is 42.6 Å². The van der Waals surface area contributed by atoms with E-state index in [-0.39, 0.29) is 12.3 Å². The number of oxime groups is 2. The molecule has 0 aliphatic rings. The van der Waals surface area contributed by atoms with Crippen molar-refractivity contribution >= 4 is 28.9 Å². The van der Waals surface area contributed by atoms with Crippen LogP contribution in [0.4, 0.5) is 0 Å². The molecule has 0 saturated heterocycles. The Morgan fingerprint density at radius 2 is 1.84 bits per heavy atom. The van der Waals surface area contributed by atoms with E-state index in [2.05, 4.69) is 14.7 Å². The fourth-order valence-electron chi connectivity index (χ4n) is 2.92. The van der Waals surface area contributed by atoms with Crippen LogP contribution in [0.2, 0.25) is 0 Å². The summed E-state index contributed by atoms with van der Waals surface area (Å²) in [4.78, 5) is 23.6. The number of hydrogen-bond donors (Lipinski definition) is 0. The minimum atomic E-state index is -0.593. The van der Waals surface area contributed by atoms with Gasteiger partial charge in [0.15, 0.2) is 5.71 Å². The number of nitrogens with zero attached hydrogens (tertiary/aromatic N) is 3. The van der Waals surface area contributed by atoms with E-state index in [4.69, 9.17) is 14.4 Å². The van der Waals surface area contributed by atoms with Crippen LogP contribution in [0, 0.1) is 6.92 Å². The molecule has 3 rings (SSSR count). The van der Waals surface area contributed by atoms with Crippen LogP contribution in [0.3, 0.4) is 0 Å². The summed E-state index contributed by atoms with van der Waals surface area (Å²) in [6.07, 6.45) is 0. The molecule has 160 valence electrons. The number of esters is 1. The monoisotopic (exact) mass is 437 g/mol. The van der Waals surface area contributed by atoms with Gasteiger partial charge in [0.1, 0.15) is 25.1 Å². The highest BCUT2D eigenvalue weighted by Crippen LogP contribution is 2.25.